The zero-order valence-electron chi connectivity index (χ0n) is 18.7. The van der Waals surface area contributed by atoms with Gasteiger partial charge in [-0.1, -0.05) is 18.2 Å². The van der Waals surface area contributed by atoms with Crippen molar-refractivity contribution in [1.29, 1.82) is 0 Å². The molecule has 1 aliphatic carbocycles. The fraction of sp³-hybridized carbons (Fsp3) is 0.440. The monoisotopic (exact) mass is 439 g/mol. The standard InChI is InChI=1S/C25H31F2N5/c1-32(2)24-20-5-3-4-6-23(20)30-25(31-24)29-19-10-7-18(8-11-19)16-28-14-13-17-9-12-21(26)22(27)15-17/h3-6,9,12,15,18-19,28H,7-8,10-11,13-14,16H2,1-2H3,(H,29,30,31). The fourth-order valence-corrected chi connectivity index (χ4v) is 4.39. The van der Waals surface area contributed by atoms with Gasteiger partial charge < -0.3 is 15.5 Å². The van der Waals surface area contributed by atoms with E-state index in [1.54, 1.807) is 6.07 Å². The molecule has 2 N–H and O–H groups in total. The number of anilines is 2. The van der Waals surface area contributed by atoms with Gasteiger partial charge in [-0.25, -0.2) is 13.8 Å². The molecule has 1 aromatic heterocycles. The number of fused-ring (bicyclic) bond motifs is 1. The number of rotatable bonds is 8. The largest absolute Gasteiger partial charge is 0.362 e. The summed E-state index contributed by atoms with van der Waals surface area (Å²) < 4.78 is 26.3. The minimum atomic E-state index is -0.792. The molecule has 5 nitrogen and oxygen atoms in total. The van der Waals surface area contributed by atoms with E-state index in [0.717, 1.165) is 61.1 Å². The van der Waals surface area contributed by atoms with Gasteiger partial charge in [0.05, 0.1) is 5.52 Å². The molecule has 0 amide bonds. The van der Waals surface area contributed by atoms with Crippen LogP contribution in [-0.2, 0) is 6.42 Å². The van der Waals surface area contributed by atoms with Crippen molar-refractivity contribution in [3.8, 4) is 0 Å². The summed E-state index contributed by atoms with van der Waals surface area (Å²) >= 11 is 0. The second-order valence-corrected chi connectivity index (χ2v) is 8.85. The van der Waals surface area contributed by atoms with Crippen molar-refractivity contribution in [3.05, 3.63) is 59.7 Å². The lowest BCUT2D eigenvalue weighted by Crippen LogP contribution is -2.32. The Balaban J connectivity index is 1.24. The molecule has 1 heterocycles. The van der Waals surface area contributed by atoms with Crippen LogP contribution in [0, 0.1) is 17.6 Å². The van der Waals surface area contributed by atoms with Crippen molar-refractivity contribution < 1.29 is 8.78 Å². The quantitative estimate of drug-likeness (QED) is 0.495. The highest BCUT2D eigenvalue weighted by atomic mass is 19.2. The minimum absolute atomic E-state index is 0.379. The molecule has 0 atom stereocenters. The first kappa shape index (κ1) is 22.4. The summed E-state index contributed by atoms with van der Waals surface area (Å²) in [5, 5.41) is 8.08. The molecule has 0 spiro atoms. The smallest absolute Gasteiger partial charge is 0.225 e. The number of nitrogens with zero attached hydrogens (tertiary/aromatic N) is 3. The molecule has 0 aliphatic heterocycles. The Kier molecular flexibility index (Phi) is 7.15. The Bertz CT molecular complexity index is 1050. The van der Waals surface area contributed by atoms with Crippen LogP contribution in [0.15, 0.2) is 42.5 Å². The van der Waals surface area contributed by atoms with Crippen LogP contribution in [-0.4, -0.2) is 43.2 Å². The lowest BCUT2D eigenvalue weighted by molar-refractivity contribution is 0.325. The summed E-state index contributed by atoms with van der Waals surface area (Å²) in [4.78, 5) is 11.5. The van der Waals surface area contributed by atoms with Gasteiger partial charge in [-0.2, -0.15) is 4.98 Å². The second-order valence-electron chi connectivity index (χ2n) is 8.85. The van der Waals surface area contributed by atoms with E-state index in [9.17, 15) is 8.78 Å². The Morgan fingerprint density at radius 1 is 0.969 bits per heavy atom. The van der Waals surface area contributed by atoms with Crippen LogP contribution in [0.1, 0.15) is 31.2 Å². The van der Waals surface area contributed by atoms with Crippen molar-refractivity contribution in [2.24, 2.45) is 5.92 Å². The van der Waals surface area contributed by atoms with Gasteiger partial charge in [0.15, 0.2) is 11.6 Å². The molecule has 1 aliphatic rings. The summed E-state index contributed by atoms with van der Waals surface area (Å²) in [5.41, 5.74) is 1.77. The third-order valence-corrected chi connectivity index (χ3v) is 6.19. The Hall–Kier alpha value is -2.80. The molecule has 7 heteroatoms. The number of benzene rings is 2. The maximum absolute atomic E-state index is 13.3. The molecule has 1 fully saturated rings. The van der Waals surface area contributed by atoms with Crippen LogP contribution >= 0.6 is 0 Å². The molecule has 0 bridgehead atoms. The van der Waals surface area contributed by atoms with E-state index < -0.39 is 11.6 Å². The Morgan fingerprint density at radius 2 is 1.75 bits per heavy atom. The molecule has 2 aromatic carbocycles. The predicted molar refractivity (Wildman–Crippen MR) is 126 cm³/mol. The zero-order chi connectivity index (χ0) is 22.5. The number of aromatic nitrogens is 2. The molecule has 0 saturated heterocycles. The average Bonchev–Trinajstić information content (AvgIpc) is 2.79. The molecular formula is C25H31F2N5. The number of hydrogen-bond donors (Lipinski definition) is 2. The number of para-hydroxylation sites is 1. The minimum Gasteiger partial charge on any atom is -0.362 e. The highest BCUT2D eigenvalue weighted by Gasteiger charge is 2.22. The first-order valence-electron chi connectivity index (χ1n) is 11.3. The third-order valence-electron chi connectivity index (χ3n) is 6.19. The maximum Gasteiger partial charge on any atom is 0.225 e. The van der Waals surface area contributed by atoms with Crippen molar-refractivity contribution >= 4 is 22.7 Å². The van der Waals surface area contributed by atoms with Gasteiger partial charge in [0.25, 0.3) is 0 Å². The molecule has 1 saturated carbocycles. The van der Waals surface area contributed by atoms with Gasteiger partial charge in [-0.05, 0) is 80.9 Å². The van der Waals surface area contributed by atoms with Crippen LogP contribution in [0.2, 0.25) is 0 Å². The van der Waals surface area contributed by atoms with Crippen LogP contribution in [0.5, 0.6) is 0 Å². The Morgan fingerprint density at radius 3 is 2.50 bits per heavy atom. The maximum atomic E-state index is 13.3. The van der Waals surface area contributed by atoms with E-state index in [2.05, 4.69) is 16.7 Å². The first-order chi connectivity index (χ1) is 15.5. The predicted octanol–water partition coefficient (Wildman–Crippen LogP) is 4.78. The van der Waals surface area contributed by atoms with Gasteiger partial charge in [-0.15, -0.1) is 0 Å². The fourth-order valence-electron chi connectivity index (χ4n) is 4.39. The number of halogens is 2. The zero-order valence-corrected chi connectivity index (χ0v) is 18.7. The molecule has 0 radical (unpaired) electrons. The van der Waals surface area contributed by atoms with Gasteiger partial charge in [-0.3, -0.25) is 0 Å². The van der Waals surface area contributed by atoms with E-state index in [-0.39, 0.29) is 0 Å². The number of hydrogen-bond acceptors (Lipinski definition) is 5. The Labute approximate surface area is 188 Å². The summed E-state index contributed by atoms with van der Waals surface area (Å²) in [6.45, 7) is 1.72. The third kappa shape index (κ3) is 5.51. The van der Waals surface area contributed by atoms with Gasteiger partial charge >= 0.3 is 0 Å². The average molecular weight is 440 g/mol. The first-order valence-corrected chi connectivity index (χ1v) is 11.3. The SMILES string of the molecule is CN(C)c1nc(NC2CCC(CNCCc3ccc(F)c(F)c3)CC2)nc2ccccc12. The van der Waals surface area contributed by atoms with Crippen LogP contribution in [0.4, 0.5) is 20.5 Å². The van der Waals surface area contributed by atoms with Crippen molar-refractivity contribution in [1.82, 2.24) is 15.3 Å². The summed E-state index contributed by atoms with van der Waals surface area (Å²) in [7, 11) is 4.01. The van der Waals surface area contributed by atoms with E-state index in [4.69, 9.17) is 9.97 Å². The molecule has 170 valence electrons. The van der Waals surface area contributed by atoms with E-state index >= 15 is 0 Å². The summed E-state index contributed by atoms with van der Waals surface area (Å²) in [5.74, 6) is 0.686. The van der Waals surface area contributed by atoms with Crippen LogP contribution in [0.3, 0.4) is 0 Å². The van der Waals surface area contributed by atoms with Gasteiger partial charge in [0.1, 0.15) is 5.82 Å². The van der Waals surface area contributed by atoms with Gasteiger partial charge in [0.2, 0.25) is 5.95 Å². The van der Waals surface area contributed by atoms with E-state index in [0.29, 0.717) is 24.3 Å². The molecular weight excluding hydrogens is 408 g/mol. The topological polar surface area (TPSA) is 53.1 Å². The lowest BCUT2D eigenvalue weighted by Gasteiger charge is -2.29. The molecule has 3 aromatic rings. The van der Waals surface area contributed by atoms with Crippen molar-refractivity contribution in [3.63, 3.8) is 0 Å². The van der Waals surface area contributed by atoms with Crippen LogP contribution < -0.4 is 15.5 Å². The van der Waals surface area contributed by atoms with Crippen molar-refractivity contribution in [2.75, 3.05) is 37.4 Å². The molecule has 4 rings (SSSR count). The number of nitrogens with one attached hydrogen (secondary N) is 2. The molecule has 32 heavy (non-hydrogen) atoms. The normalized spacial score (nSPS) is 18.6. The highest BCUT2D eigenvalue weighted by molar-refractivity contribution is 5.90. The van der Waals surface area contributed by atoms with E-state index in [1.165, 1.54) is 12.1 Å². The second kappa shape index (κ2) is 10.2. The van der Waals surface area contributed by atoms with Gasteiger partial charge in [0, 0.05) is 25.5 Å². The van der Waals surface area contributed by atoms with E-state index in [1.807, 2.05) is 37.2 Å². The summed E-state index contributed by atoms with van der Waals surface area (Å²) in [6, 6.07) is 12.6. The lowest BCUT2D eigenvalue weighted by atomic mass is 9.86. The highest BCUT2D eigenvalue weighted by Crippen LogP contribution is 2.28. The molecule has 0 unspecified atom stereocenters. The van der Waals surface area contributed by atoms with Crippen LogP contribution in [0.25, 0.3) is 10.9 Å². The summed E-state index contributed by atoms with van der Waals surface area (Å²) in [6.07, 6.45) is 5.15. The van der Waals surface area contributed by atoms with Crippen molar-refractivity contribution in [2.45, 2.75) is 38.1 Å².